The fourth-order valence-electron chi connectivity index (χ4n) is 1.61. The van der Waals surface area contributed by atoms with E-state index in [0.29, 0.717) is 72.7 Å². The molecule has 0 amide bonds. The van der Waals surface area contributed by atoms with Crippen molar-refractivity contribution in [3.8, 4) is 0 Å². The van der Waals surface area contributed by atoms with E-state index >= 15 is 0 Å². The van der Waals surface area contributed by atoms with Crippen molar-refractivity contribution in [2.24, 2.45) is 0 Å². The highest BCUT2D eigenvalue weighted by atomic mass is 16.7. The predicted octanol–water partition coefficient (Wildman–Crippen LogP) is 1.26. The zero-order chi connectivity index (χ0) is 16.5. The van der Waals surface area contributed by atoms with Crippen LogP contribution in [-0.2, 0) is 28.5 Å². The van der Waals surface area contributed by atoms with Crippen LogP contribution in [0.4, 0.5) is 0 Å². The first kappa shape index (κ1) is 21.3. The van der Waals surface area contributed by atoms with E-state index in [1.165, 1.54) is 0 Å². The summed E-state index contributed by atoms with van der Waals surface area (Å²) >= 11 is 0. The van der Waals surface area contributed by atoms with Gasteiger partial charge in [-0.1, -0.05) is 0 Å². The lowest BCUT2D eigenvalue weighted by Gasteiger charge is -2.21. The number of hydrogen-bond donors (Lipinski definition) is 0. The number of esters is 1. The molecule has 0 atom stereocenters. The first-order valence-electron chi connectivity index (χ1n) is 7.93. The highest BCUT2D eigenvalue weighted by molar-refractivity contribution is 5.69. The van der Waals surface area contributed by atoms with E-state index in [0.717, 1.165) is 0 Å². The molecule has 0 N–H and O–H groups in total. The zero-order valence-electron chi connectivity index (χ0n) is 14.2. The van der Waals surface area contributed by atoms with Crippen molar-refractivity contribution in [3.63, 3.8) is 0 Å². The lowest BCUT2D eigenvalue weighted by Crippen LogP contribution is -2.33. The Balaban J connectivity index is 3.88. The molecule has 0 saturated carbocycles. The molecule has 0 aliphatic heterocycles. The first-order valence-corrected chi connectivity index (χ1v) is 7.93. The lowest BCUT2D eigenvalue weighted by molar-refractivity contribution is -0.143. The molecule has 0 saturated heterocycles. The van der Waals surface area contributed by atoms with Gasteiger partial charge >= 0.3 is 5.97 Å². The van der Waals surface area contributed by atoms with Crippen molar-refractivity contribution in [1.82, 2.24) is 4.90 Å². The molecule has 0 rings (SSSR count). The molecule has 0 aromatic heterocycles. The second kappa shape index (κ2) is 16.6. The summed E-state index contributed by atoms with van der Waals surface area (Å²) in [6, 6.07) is 0. The molecule has 132 valence electrons. The van der Waals surface area contributed by atoms with Gasteiger partial charge in [-0.15, -0.1) is 0 Å². The van der Waals surface area contributed by atoms with Gasteiger partial charge in [-0.3, -0.25) is 9.69 Å². The van der Waals surface area contributed by atoms with Gasteiger partial charge in [-0.05, 0) is 20.8 Å². The summed E-state index contributed by atoms with van der Waals surface area (Å²) in [5, 5.41) is 0. The molecule has 22 heavy (non-hydrogen) atoms. The summed E-state index contributed by atoms with van der Waals surface area (Å²) < 4.78 is 25.9. The Labute approximate surface area is 133 Å². The molecule has 0 aliphatic carbocycles. The molecule has 0 fully saturated rings. The monoisotopic (exact) mass is 321 g/mol. The van der Waals surface area contributed by atoms with E-state index in [9.17, 15) is 4.79 Å². The minimum Gasteiger partial charge on any atom is -0.466 e. The van der Waals surface area contributed by atoms with Crippen molar-refractivity contribution in [1.29, 1.82) is 0 Å². The maximum absolute atomic E-state index is 11.4. The number of carbonyl (C=O) groups excluding carboxylic acids is 1. The summed E-state index contributed by atoms with van der Waals surface area (Å²) in [5.74, 6) is -0.182. The van der Waals surface area contributed by atoms with Crippen LogP contribution in [-0.4, -0.2) is 77.1 Å². The molecule has 0 spiro atoms. The number of hydrogen-bond acceptors (Lipinski definition) is 7. The predicted molar refractivity (Wildman–Crippen MR) is 82.6 cm³/mol. The van der Waals surface area contributed by atoms with Crippen LogP contribution in [0.15, 0.2) is 0 Å². The van der Waals surface area contributed by atoms with Gasteiger partial charge in [0.1, 0.15) is 13.6 Å². The topological polar surface area (TPSA) is 66.5 Å². The maximum Gasteiger partial charge on any atom is 0.307 e. The van der Waals surface area contributed by atoms with Gasteiger partial charge in [0.15, 0.2) is 0 Å². The first-order chi connectivity index (χ1) is 10.7. The highest BCUT2D eigenvalue weighted by Gasteiger charge is 2.09. The van der Waals surface area contributed by atoms with Gasteiger partial charge in [0, 0.05) is 32.8 Å². The second-order valence-electron chi connectivity index (χ2n) is 4.43. The van der Waals surface area contributed by atoms with Crippen molar-refractivity contribution in [3.05, 3.63) is 0 Å². The number of ether oxygens (including phenoxy) is 5. The van der Waals surface area contributed by atoms with Crippen LogP contribution >= 0.6 is 0 Å². The Morgan fingerprint density at radius 1 is 0.773 bits per heavy atom. The highest BCUT2D eigenvalue weighted by Crippen LogP contribution is 1.96. The Kier molecular flexibility index (Phi) is 16.1. The molecule has 0 heterocycles. The molecule has 0 radical (unpaired) electrons. The van der Waals surface area contributed by atoms with Gasteiger partial charge in [-0.2, -0.15) is 0 Å². The van der Waals surface area contributed by atoms with Crippen LogP contribution in [0, 0.1) is 0 Å². The number of rotatable bonds is 16. The van der Waals surface area contributed by atoms with Gasteiger partial charge in [0.05, 0.1) is 26.2 Å². The average Bonchev–Trinajstić information content (AvgIpc) is 2.51. The third kappa shape index (κ3) is 14.2. The summed E-state index contributed by atoms with van der Waals surface area (Å²) in [5.41, 5.74) is 0. The SMILES string of the molecule is CCOCOCCN(CCOCOCC)CCC(=O)OCC. The summed E-state index contributed by atoms with van der Waals surface area (Å²) in [7, 11) is 0. The zero-order valence-corrected chi connectivity index (χ0v) is 14.2. The van der Waals surface area contributed by atoms with Gasteiger partial charge < -0.3 is 23.7 Å². The Hall–Kier alpha value is -0.730. The van der Waals surface area contributed by atoms with Crippen molar-refractivity contribution >= 4 is 5.97 Å². The van der Waals surface area contributed by atoms with Crippen LogP contribution < -0.4 is 0 Å². The van der Waals surface area contributed by atoms with E-state index in [1.807, 2.05) is 13.8 Å². The fraction of sp³-hybridized carbons (Fsp3) is 0.933. The van der Waals surface area contributed by atoms with Crippen molar-refractivity contribution in [2.45, 2.75) is 27.2 Å². The largest absolute Gasteiger partial charge is 0.466 e. The van der Waals surface area contributed by atoms with Gasteiger partial charge in [0.25, 0.3) is 0 Å². The van der Waals surface area contributed by atoms with E-state index in [2.05, 4.69) is 4.90 Å². The summed E-state index contributed by atoms with van der Waals surface area (Å²) in [6.45, 7) is 11.1. The molecule has 7 heteroatoms. The third-order valence-electron chi connectivity index (χ3n) is 2.78. The Bertz CT molecular complexity index is 238. The van der Waals surface area contributed by atoms with E-state index < -0.39 is 0 Å². The summed E-state index contributed by atoms with van der Waals surface area (Å²) in [6.07, 6.45) is 0.366. The van der Waals surface area contributed by atoms with Crippen LogP contribution in [0.5, 0.6) is 0 Å². The van der Waals surface area contributed by atoms with Crippen LogP contribution in [0.1, 0.15) is 27.2 Å². The normalized spacial score (nSPS) is 11.1. The van der Waals surface area contributed by atoms with Crippen molar-refractivity contribution < 1.29 is 28.5 Å². The van der Waals surface area contributed by atoms with Gasteiger partial charge in [-0.25, -0.2) is 0 Å². The minimum atomic E-state index is -0.182. The molecule has 0 aromatic carbocycles. The van der Waals surface area contributed by atoms with Crippen LogP contribution in [0.25, 0.3) is 0 Å². The molecule has 7 nitrogen and oxygen atoms in total. The molecule has 0 aromatic rings. The smallest absolute Gasteiger partial charge is 0.307 e. The van der Waals surface area contributed by atoms with Crippen LogP contribution in [0.3, 0.4) is 0 Å². The summed E-state index contributed by atoms with van der Waals surface area (Å²) in [4.78, 5) is 13.5. The minimum absolute atomic E-state index is 0.182. The Morgan fingerprint density at radius 2 is 1.32 bits per heavy atom. The lowest BCUT2D eigenvalue weighted by atomic mass is 10.3. The van der Waals surface area contributed by atoms with E-state index in [-0.39, 0.29) is 5.97 Å². The van der Waals surface area contributed by atoms with Gasteiger partial charge in [0.2, 0.25) is 0 Å². The van der Waals surface area contributed by atoms with E-state index in [4.69, 9.17) is 23.7 Å². The molecule has 0 unspecified atom stereocenters. The standard InChI is InChI=1S/C15H31NO6/c1-4-18-13-20-11-9-16(8-7-15(17)22-6-3)10-12-21-14-19-5-2/h4-14H2,1-3H3. The molecule has 0 bridgehead atoms. The molecular formula is C15H31NO6. The third-order valence-corrected chi connectivity index (χ3v) is 2.78. The number of carbonyl (C=O) groups is 1. The Morgan fingerprint density at radius 3 is 1.77 bits per heavy atom. The molecular weight excluding hydrogens is 290 g/mol. The number of nitrogens with zero attached hydrogens (tertiary/aromatic N) is 1. The van der Waals surface area contributed by atoms with Crippen LogP contribution in [0.2, 0.25) is 0 Å². The quantitative estimate of drug-likeness (QED) is 0.241. The van der Waals surface area contributed by atoms with E-state index in [1.54, 1.807) is 6.92 Å². The second-order valence-corrected chi connectivity index (χ2v) is 4.43. The maximum atomic E-state index is 11.4. The molecule has 0 aliphatic rings. The fourth-order valence-corrected chi connectivity index (χ4v) is 1.61. The van der Waals surface area contributed by atoms with Crippen molar-refractivity contribution in [2.75, 3.05) is 66.3 Å². The average molecular weight is 321 g/mol.